The predicted molar refractivity (Wildman–Crippen MR) is 67.5 cm³/mol. The fourth-order valence-electron chi connectivity index (χ4n) is 2.05. The molecular formula is C13H24N2O2. The Balaban J connectivity index is 3.11. The number of piperazine rings is 1. The van der Waals surface area contributed by atoms with E-state index in [-0.39, 0.29) is 11.8 Å². The SMILES string of the molecule is CCC1(C)NC(=O)C(C)(C)N(CC(C)C)C1=O. The first kappa shape index (κ1) is 14.0. The van der Waals surface area contributed by atoms with Gasteiger partial charge >= 0.3 is 0 Å². The average Bonchev–Trinajstić information content (AvgIpc) is 2.22. The van der Waals surface area contributed by atoms with Crippen molar-refractivity contribution in [2.45, 2.75) is 59.0 Å². The van der Waals surface area contributed by atoms with E-state index in [1.807, 2.05) is 6.92 Å². The molecule has 0 saturated carbocycles. The summed E-state index contributed by atoms with van der Waals surface area (Å²) >= 11 is 0. The van der Waals surface area contributed by atoms with Gasteiger partial charge in [-0.3, -0.25) is 9.59 Å². The van der Waals surface area contributed by atoms with Crippen LogP contribution in [-0.2, 0) is 9.59 Å². The minimum absolute atomic E-state index is 0.0262. The first-order valence-corrected chi connectivity index (χ1v) is 6.30. The van der Waals surface area contributed by atoms with Gasteiger partial charge in [-0.15, -0.1) is 0 Å². The highest BCUT2D eigenvalue weighted by Gasteiger charge is 2.51. The van der Waals surface area contributed by atoms with E-state index in [0.717, 1.165) is 0 Å². The largest absolute Gasteiger partial charge is 0.340 e. The normalized spacial score (nSPS) is 28.5. The van der Waals surface area contributed by atoms with Crippen molar-refractivity contribution >= 4 is 11.8 Å². The molecule has 1 rings (SSSR count). The van der Waals surface area contributed by atoms with Crippen molar-refractivity contribution in [3.8, 4) is 0 Å². The van der Waals surface area contributed by atoms with Gasteiger partial charge in [0.05, 0.1) is 0 Å². The zero-order valence-corrected chi connectivity index (χ0v) is 11.8. The molecule has 98 valence electrons. The predicted octanol–water partition coefficient (Wildman–Crippen LogP) is 1.55. The van der Waals surface area contributed by atoms with E-state index in [2.05, 4.69) is 19.2 Å². The van der Waals surface area contributed by atoms with E-state index >= 15 is 0 Å². The smallest absolute Gasteiger partial charge is 0.248 e. The summed E-state index contributed by atoms with van der Waals surface area (Å²) in [7, 11) is 0. The van der Waals surface area contributed by atoms with Gasteiger partial charge in [-0.2, -0.15) is 0 Å². The second-order valence-electron chi connectivity index (χ2n) is 6.01. The van der Waals surface area contributed by atoms with Crippen molar-refractivity contribution < 1.29 is 9.59 Å². The molecule has 0 aliphatic carbocycles. The summed E-state index contributed by atoms with van der Waals surface area (Å²) in [6.45, 7) is 12.1. The van der Waals surface area contributed by atoms with E-state index in [9.17, 15) is 9.59 Å². The maximum absolute atomic E-state index is 12.5. The minimum atomic E-state index is -0.754. The Hall–Kier alpha value is -1.06. The summed E-state index contributed by atoms with van der Waals surface area (Å²) in [4.78, 5) is 26.3. The first-order chi connectivity index (χ1) is 7.65. The van der Waals surface area contributed by atoms with E-state index < -0.39 is 11.1 Å². The van der Waals surface area contributed by atoms with Crippen LogP contribution in [0.2, 0.25) is 0 Å². The Morgan fingerprint density at radius 3 is 2.18 bits per heavy atom. The molecule has 1 atom stereocenters. The molecule has 0 aromatic heterocycles. The Labute approximate surface area is 104 Å². The molecule has 0 aromatic rings. The molecule has 1 heterocycles. The summed E-state index contributed by atoms with van der Waals surface area (Å²) in [5, 5.41) is 2.86. The first-order valence-electron chi connectivity index (χ1n) is 6.30. The number of nitrogens with zero attached hydrogens (tertiary/aromatic N) is 1. The Bertz CT molecular complexity index is 336. The monoisotopic (exact) mass is 240 g/mol. The average molecular weight is 240 g/mol. The number of hydrogen-bond donors (Lipinski definition) is 1. The van der Waals surface area contributed by atoms with Crippen LogP contribution in [0.4, 0.5) is 0 Å². The van der Waals surface area contributed by atoms with Crippen molar-refractivity contribution in [3.63, 3.8) is 0 Å². The molecule has 4 nitrogen and oxygen atoms in total. The molecule has 1 aliphatic rings. The Morgan fingerprint density at radius 2 is 1.76 bits per heavy atom. The van der Waals surface area contributed by atoms with Crippen LogP contribution in [0, 0.1) is 5.92 Å². The molecule has 0 spiro atoms. The van der Waals surface area contributed by atoms with Gasteiger partial charge < -0.3 is 10.2 Å². The number of carbonyl (C=O) groups excluding carboxylic acids is 2. The molecular weight excluding hydrogens is 216 g/mol. The second-order valence-corrected chi connectivity index (χ2v) is 6.01. The van der Waals surface area contributed by atoms with Gasteiger partial charge in [0.1, 0.15) is 11.1 Å². The lowest BCUT2D eigenvalue weighted by Crippen LogP contribution is -2.73. The van der Waals surface area contributed by atoms with E-state index in [0.29, 0.717) is 18.9 Å². The number of hydrogen-bond acceptors (Lipinski definition) is 2. The van der Waals surface area contributed by atoms with Crippen LogP contribution >= 0.6 is 0 Å². The highest BCUT2D eigenvalue weighted by Crippen LogP contribution is 2.28. The fraction of sp³-hybridized carbons (Fsp3) is 0.846. The van der Waals surface area contributed by atoms with Crippen LogP contribution < -0.4 is 5.32 Å². The molecule has 1 unspecified atom stereocenters. The maximum atomic E-state index is 12.5. The molecule has 1 aliphatic heterocycles. The molecule has 17 heavy (non-hydrogen) atoms. The van der Waals surface area contributed by atoms with Crippen molar-refractivity contribution in [2.75, 3.05) is 6.54 Å². The lowest BCUT2D eigenvalue weighted by atomic mass is 9.86. The third-order valence-electron chi connectivity index (χ3n) is 3.59. The summed E-state index contributed by atoms with van der Waals surface area (Å²) in [6, 6.07) is 0. The number of amides is 2. The van der Waals surface area contributed by atoms with Crippen LogP contribution in [0.15, 0.2) is 0 Å². The second kappa shape index (κ2) is 4.31. The van der Waals surface area contributed by atoms with Gasteiger partial charge in [0.2, 0.25) is 11.8 Å². The van der Waals surface area contributed by atoms with E-state index in [1.165, 1.54) is 0 Å². The zero-order valence-electron chi connectivity index (χ0n) is 11.8. The Morgan fingerprint density at radius 1 is 1.24 bits per heavy atom. The van der Waals surface area contributed by atoms with Gasteiger partial charge in [-0.25, -0.2) is 0 Å². The highest BCUT2D eigenvalue weighted by atomic mass is 16.2. The van der Waals surface area contributed by atoms with Crippen LogP contribution in [0.25, 0.3) is 0 Å². The molecule has 4 heteroatoms. The third kappa shape index (κ3) is 2.31. The summed E-state index contributed by atoms with van der Waals surface area (Å²) in [5.41, 5.74) is -1.50. The van der Waals surface area contributed by atoms with Gasteiger partial charge in [0.15, 0.2) is 0 Å². The molecule has 2 amide bonds. The third-order valence-corrected chi connectivity index (χ3v) is 3.59. The molecule has 1 saturated heterocycles. The van der Waals surface area contributed by atoms with Crippen LogP contribution in [0.5, 0.6) is 0 Å². The molecule has 1 N–H and O–H groups in total. The zero-order chi connectivity index (χ0) is 13.4. The van der Waals surface area contributed by atoms with Crippen LogP contribution in [0.1, 0.15) is 48.0 Å². The van der Waals surface area contributed by atoms with Gasteiger partial charge in [-0.1, -0.05) is 20.8 Å². The van der Waals surface area contributed by atoms with Gasteiger partial charge in [-0.05, 0) is 33.1 Å². The lowest BCUT2D eigenvalue weighted by molar-refractivity contribution is -0.161. The standard InChI is InChI=1S/C13H24N2O2/c1-7-13(6)11(17)15(8-9(2)3)12(4,5)10(16)14-13/h9H,7-8H2,1-6H3,(H,14,16). The Kier molecular flexibility index (Phi) is 3.55. The lowest BCUT2D eigenvalue weighted by Gasteiger charge is -2.49. The minimum Gasteiger partial charge on any atom is -0.340 e. The summed E-state index contributed by atoms with van der Waals surface area (Å²) in [5.74, 6) is 0.311. The fourth-order valence-corrected chi connectivity index (χ4v) is 2.05. The van der Waals surface area contributed by atoms with Crippen LogP contribution in [0.3, 0.4) is 0 Å². The van der Waals surface area contributed by atoms with Crippen molar-refractivity contribution in [1.82, 2.24) is 10.2 Å². The number of carbonyl (C=O) groups is 2. The van der Waals surface area contributed by atoms with E-state index in [1.54, 1.807) is 25.7 Å². The van der Waals surface area contributed by atoms with Gasteiger partial charge in [0, 0.05) is 6.54 Å². The summed E-state index contributed by atoms with van der Waals surface area (Å²) < 4.78 is 0. The molecule has 0 aromatic carbocycles. The molecule has 0 radical (unpaired) electrons. The topological polar surface area (TPSA) is 49.4 Å². The van der Waals surface area contributed by atoms with Crippen molar-refractivity contribution in [3.05, 3.63) is 0 Å². The quantitative estimate of drug-likeness (QED) is 0.813. The molecule has 0 bridgehead atoms. The summed E-state index contributed by atoms with van der Waals surface area (Å²) in [6.07, 6.45) is 0.613. The van der Waals surface area contributed by atoms with Crippen molar-refractivity contribution in [1.29, 1.82) is 0 Å². The van der Waals surface area contributed by atoms with E-state index in [4.69, 9.17) is 0 Å². The number of nitrogens with one attached hydrogen (secondary N) is 1. The number of rotatable bonds is 3. The highest BCUT2D eigenvalue weighted by molar-refractivity contribution is 6.01. The van der Waals surface area contributed by atoms with Gasteiger partial charge in [0.25, 0.3) is 0 Å². The maximum Gasteiger partial charge on any atom is 0.248 e. The van der Waals surface area contributed by atoms with Crippen molar-refractivity contribution in [2.24, 2.45) is 5.92 Å². The molecule has 1 fully saturated rings. The van der Waals surface area contributed by atoms with Crippen LogP contribution in [-0.4, -0.2) is 34.3 Å².